The Morgan fingerprint density at radius 3 is 2.46 bits per heavy atom. The number of fused-ring (bicyclic) bond motifs is 1. The van der Waals surface area contributed by atoms with Crippen molar-refractivity contribution in [1.29, 1.82) is 0 Å². The van der Waals surface area contributed by atoms with Crippen LogP contribution in [-0.2, 0) is 17.3 Å². The molecule has 1 saturated heterocycles. The van der Waals surface area contributed by atoms with Crippen molar-refractivity contribution in [2.24, 2.45) is 7.05 Å². The molecule has 0 bridgehead atoms. The Labute approximate surface area is 151 Å². The Bertz CT molecular complexity index is 984. The van der Waals surface area contributed by atoms with E-state index in [0.29, 0.717) is 29.7 Å². The maximum Gasteiger partial charge on any atom is 0.326 e. The monoisotopic (exact) mass is 381 g/mol. The van der Waals surface area contributed by atoms with Gasteiger partial charge in [-0.1, -0.05) is 0 Å². The summed E-state index contributed by atoms with van der Waals surface area (Å²) in [4.78, 5) is 28.8. The summed E-state index contributed by atoms with van der Waals surface area (Å²) in [5.41, 5.74) is 1.57. The number of hydrogen-bond acceptors (Lipinski definition) is 4. The van der Waals surface area contributed by atoms with Crippen LogP contribution in [0.1, 0.15) is 24.2 Å². The zero-order chi connectivity index (χ0) is 19.1. The molecular weight excluding hydrogens is 358 g/mol. The number of carbonyl (C=O) groups excluding carboxylic acids is 1. The van der Waals surface area contributed by atoms with E-state index >= 15 is 0 Å². The summed E-state index contributed by atoms with van der Waals surface area (Å²) in [6.07, 6.45) is 0. The van der Waals surface area contributed by atoms with Gasteiger partial charge in [-0.2, -0.15) is 17.4 Å². The quantitative estimate of drug-likeness (QED) is 0.769. The van der Waals surface area contributed by atoms with E-state index in [0.717, 1.165) is 0 Å². The zero-order valence-electron chi connectivity index (χ0n) is 15.0. The van der Waals surface area contributed by atoms with E-state index in [-0.39, 0.29) is 30.7 Å². The average molecular weight is 381 g/mol. The number of benzene rings is 1. The van der Waals surface area contributed by atoms with E-state index < -0.39 is 10.2 Å². The Hall–Kier alpha value is -2.17. The van der Waals surface area contributed by atoms with Gasteiger partial charge in [-0.3, -0.25) is 9.36 Å². The highest BCUT2D eigenvalue weighted by molar-refractivity contribution is 7.87. The molecule has 1 fully saturated rings. The maximum absolute atomic E-state index is 12.7. The summed E-state index contributed by atoms with van der Waals surface area (Å²) >= 11 is 0. The SMILES string of the molecule is CC(C)NS(=O)(=O)N1CCN(C(=O)c2ccc3[nH]c(=O)n(C)c3c2)CC1. The van der Waals surface area contributed by atoms with Crippen molar-refractivity contribution >= 4 is 27.1 Å². The number of rotatable bonds is 4. The van der Waals surface area contributed by atoms with Crippen LogP contribution in [-0.4, -0.2) is 65.3 Å². The summed E-state index contributed by atoms with van der Waals surface area (Å²) in [5, 5.41) is 0. The van der Waals surface area contributed by atoms with Crippen molar-refractivity contribution in [3.05, 3.63) is 34.2 Å². The van der Waals surface area contributed by atoms with Gasteiger partial charge in [-0.25, -0.2) is 4.79 Å². The van der Waals surface area contributed by atoms with Gasteiger partial charge in [0.1, 0.15) is 0 Å². The molecule has 1 aromatic carbocycles. The van der Waals surface area contributed by atoms with Gasteiger partial charge in [0.15, 0.2) is 0 Å². The number of carbonyl (C=O) groups is 1. The number of amides is 1. The average Bonchev–Trinajstić information content (AvgIpc) is 2.87. The van der Waals surface area contributed by atoms with Crippen LogP contribution in [0.2, 0.25) is 0 Å². The van der Waals surface area contributed by atoms with E-state index in [4.69, 9.17) is 0 Å². The summed E-state index contributed by atoms with van der Waals surface area (Å²) in [6, 6.07) is 4.87. The summed E-state index contributed by atoms with van der Waals surface area (Å²) in [6.45, 7) is 4.67. The Kier molecular flexibility index (Phi) is 4.91. The predicted octanol–water partition coefficient (Wildman–Crippen LogP) is -0.133. The first-order chi connectivity index (χ1) is 12.2. The van der Waals surface area contributed by atoms with E-state index in [9.17, 15) is 18.0 Å². The lowest BCUT2D eigenvalue weighted by atomic mass is 10.1. The number of imidazole rings is 1. The zero-order valence-corrected chi connectivity index (χ0v) is 15.8. The molecule has 10 heteroatoms. The van der Waals surface area contributed by atoms with Crippen LogP contribution in [0.3, 0.4) is 0 Å². The smallest absolute Gasteiger partial charge is 0.326 e. The molecular formula is C16H23N5O4S. The fourth-order valence-electron chi connectivity index (χ4n) is 3.04. The summed E-state index contributed by atoms with van der Waals surface area (Å²) in [7, 11) is -1.89. The van der Waals surface area contributed by atoms with E-state index in [1.54, 1.807) is 44.0 Å². The van der Waals surface area contributed by atoms with Crippen LogP contribution in [0.25, 0.3) is 11.0 Å². The lowest BCUT2D eigenvalue weighted by Crippen LogP contribution is -2.54. The topological polar surface area (TPSA) is 108 Å². The first-order valence-corrected chi connectivity index (χ1v) is 9.88. The molecule has 1 aromatic heterocycles. The summed E-state index contributed by atoms with van der Waals surface area (Å²) in [5.74, 6) is -0.172. The van der Waals surface area contributed by atoms with Gasteiger partial charge in [-0.15, -0.1) is 0 Å². The van der Waals surface area contributed by atoms with Crippen LogP contribution in [0, 0.1) is 0 Å². The number of nitrogens with one attached hydrogen (secondary N) is 2. The van der Waals surface area contributed by atoms with Gasteiger partial charge in [0, 0.05) is 44.8 Å². The van der Waals surface area contributed by atoms with E-state index in [2.05, 4.69) is 9.71 Å². The number of aryl methyl sites for hydroxylation is 1. The standard InChI is InChI=1S/C16H23N5O4S/c1-11(2)18-26(24,25)21-8-6-20(7-9-21)15(22)12-4-5-13-14(10-12)19(3)16(23)17-13/h4-5,10-11,18H,6-9H2,1-3H3,(H,17,23). The van der Waals surface area contributed by atoms with E-state index in [1.165, 1.54) is 8.87 Å². The minimum Gasteiger partial charge on any atom is -0.336 e. The molecule has 0 radical (unpaired) electrons. The van der Waals surface area contributed by atoms with Gasteiger partial charge in [0.25, 0.3) is 16.1 Å². The molecule has 26 heavy (non-hydrogen) atoms. The normalized spacial score (nSPS) is 16.5. The van der Waals surface area contributed by atoms with Crippen molar-refractivity contribution in [3.63, 3.8) is 0 Å². The van der Waals surface area contributed by atoms with Gasteiger partial charge in [0.2, 0.25) is 0 Å². The van der Waals surface area contributed by atoms with Gasteiger partial charge < -0.3 is 9.88 Å². The molecule has 3 rings (SSSR count). The molecule has 1 aliphatic rings. The largest absolute Gasteiger partial charge is 0.336 e. The fraction of sp³-hybridized carbons (Fsp3) is 0.500. The van der Waals surface area contributed by atoms with E-state index in [1.807, 2.05) is 0 Å². The van der Waals surface area contributed by atoms with Gasteiger partial charge in [0.05, 0.1) is 11.0 Å². The molecule has 0 unspecified atom stereocenters. The van der Waals surface area contributed by atoms with Crippen LogP contribution in [0.5, 0.6) is 0 Å². The maximum atomic E-state index is 12.7. The predicted molar refractivity (Wildman–Crippen MR) is 98.2 cm³/mol. The molecule has 9 nitrogen and oxygen atoms in total. The number of hydrogen-bond donors (Lipinski definition) is 2. The van der Waals surface area contributed by atoms with Crippen molar-refractivity contribution < 1.29 is 13.2 Å². The first-order valence-electron chi connectivity index (χ1n) is 8.44. The number of H-pyrrole nitrogens is 1. The molecule has 1 amide bonds. The first kappa shape index (κ1) is 18.6. The minimum absolute atomic E-state index is 0.172. The number of piperazine rings is 1. The minimum atomic E-state index is -3.52. The summed E-state index contributed by atoms with van der Waals surface area (Å²) < 4.78 is 29.8. The number of nitrogens with zero attached hydrogens (tertiary/aromatic N) is 3. The van der Waals surface area contributed by atoms with Crippen molar-refractivity contribution in [1.82, 2.24) is 23.5 Å². The Morgan fingerprint density at radius 1 is 1.19 bits per heavy atom. The molecule has 2 heterocycles. The van der Waals surface area contributed by atoms with Crippen molar-refractivity contribution in [2.75, 3.05) is 26.2 Å². The third-order valence-electron chi connectivity index (χ3n) is 4.40. The van der Waals surface area contributed by atoms with Crippen LogP contribution >= 0.6 is 0 Å². The van der Waals surface area contributed by atoms with Gasteiger partial charge >= 0.3 is 5.69 Å². The van der Waals surface area contributed by atoms with Crippen molar-refractivity contribution in [3.8, 4) is 0 Å². The molecule has 2 aromatic rings. The lowest BCUT2D eigenvalue weighted by molar-refractivity contribution is 0.0697. The molecule has 0 saturated carbocycles. The molecule has 1 aliphatic heterocycles. The fourth-order valence-corrected chi connectivity index (χ4v) is 4.43. The molecule has 2 N–H and O–H groups in total. The highest BCUT2D eigenvalue weighted by Gasteiger charge is 2.29. The number of aromatic nitrogens is 2. The van der Waals surface area contributed by atoms with Gasteiger partial charge in [-0.05, 0) is 32.0 Å². The van der Waals surface area contributed by atoms with Crippen molar-refractivity contribution in [2.45, 2.75) is 19.9 Å². The highest BCUT2D eigenvalue weighted by atomic mass is 32.2. The second kappa shape index (κ2) is 6.86. The highest BCUT2D eigenvalue weighted by Crippen LogP contribution is 2.16. The molecule has 0 atom stereocenters. The Balaban J connectivity index is 1.73. The van der Waals surface area contributed by atoms with Crippen LogP contribution < -0.4 is 10.4 Å². The molecule has 0 aliphatic carbocycles. The second-order valence-electron chi connectivity index (χ2n) is 6.69. The van der Waals surface area contributed by atoms with Crippen LogP contribution in [0.4, 0.5) is 0 Å². The number of aromatic amines is 1. The third kappa shape index (κ3) is 3.53. The van der Waals surface area contributed by atoms with Crippen LogP contribution in [0.15, 0.2) is 23.0 Å². The molecule has 0 spiro atoms. The second-order valence-corrected chi connectivity index (χ2v) is 8.39. The Morgan fingerprint density at radius 2 is 1.85 bits per heavy atom. The lowest BCUT2D eigenvalue weighted by Gasteiger charge is -2.34. The third-order valence-corrected chi connectivity index (χ3v) is 6.22. The molecule has 142 valence electrons.